The molecule has 3 heteroatoms. The Morgan fingerprint density at radius 1 is 0.771 bits per heavy atom. The van der Waals surface area contributed by atoms with Crippen LogP contribution in [0.5, 0.6) is 0 Å². The number of hydrogen-bond acceptors (Lipinski definition) is 1. The van der Waals surface area contributed by atoms with Crippen LogP contribution in [0.3, 0.4) is 0 Å². The molecule has 0 bridgehead atoms. The molecule has 6 rings (SSSR count). The molecule has 0 saturated heterocycles. The van der Waals surface area contributed by atoms with Crippen LogP contribution in [-0.2, 0) is 4.52 Å². The summed E-state index contributed by atoms with van der Waals surface area (Å²) < 4.78 is 7.77. The predicted molar refractivity (Wildman–Crippen MR) is 151 cm³/mol. The minimum atomic E-state index is -3.49. The molecule has 0 aromatic heterocycles. The monoisotopic (exact) mass is 494 g/mol. The molecule has 2 aliphatic rings. The number of hydrogen-bond donors (Lipinski definition) is 0. The first-order valence-electron chi connectivity index (χ1n) is 12.2. The summed E-state index contributed by atoms with van der Waals surface area (Å²) in [5, 5.41) is 5.96. The van der Waals surface area contributed by atoms with E-state index in [1.54, 1.807) is 0 Å². The van der Waals surface area contributed by atoms with Gasteiger partial charge in [0.25, 0.3) is 0 Å². The van der Waals surface area contributed by atoms with Crippen molar-refractivity contribution in [2.75, 3.05) is 0 Å². The Morgan fingerprint density at radius 2 is 1.46 bits per heavy atom. The third-order valence-electron chi connectivity index (χ3n) is 7.48. The summed E-state index contributed by atoms with van der Waals surface area (Å²) in [6.07, 6.45) is 8.60. The molecular formula is C32H28ClOP. The molecule has 1 unspecified atom stereocenters. The molecule has 1 aliphatic heterocycles. The van der Waals surface area contributed by atoms with E-state index in [1.807, 2.05) is 12.1 Å². The second kappa shape index (κ2) is 8.61. The van der Waals surface area contributed by atoms with Crippen LogP contribution in [-0.4, -0.2) is 0 Å². The van der Waals surface area contributed by atoms with Gasteiger partial charge in [0.05, 0.1) is 0 Å². The van der Waals surface area contributed by atoms with Gasteiger partial charge in [-0.3, -0.25) is 0 Å². The van der Waals surface area contributed by atoms with E-state index in [0.717, 1.165) is 23.4 Å². The van der Waals surface area contributed by atoms with Crippen LogP contribution in [0.15, 0.2) is 127 Å². The summed E-state index contributed by atoms with van der Waals surface area (Å²) in [6, 6.07) is 37.0. The van der Waals surface area contributed by atoms with Crippen molar-refractivity contribution < 1.29 is 4.52 Å². The Morgan fingerprint density at radius 3 is 2.17 bits per heavy atom. The van der Waals surface area contributed by atoms with E-state index in [1.165, 1.54) is 32.4 Å². The van der Waals surface area contributed by atoms with Gasteiger partial charge >= 0.3 is 213 Å². The first-order valence-corrected chi connectivity index (χ1v) is 14.7. The fourth-order valence-electron chi connectivity index (χ4n) is 5.89. The number of fused-ring (bicyclic) bond motifs is 1. The third kappa shape index (κ3) is 3.23. The van der Waals surface area contributed by atoms with Crippen LogP contribution in [0.25, 0.3) is 0 Å². The fraction of sp³-hybridized carbons (Fsp3) is 0.125. The van der Waals surface area contributed by atoms with Crippen LogP contribution in [0.2, 0.25) is 5.02 Å². The molecular weight excluding hydrogens is 467 g/mol. The molecule has 0 amide bonds. The summed E-state index contributed by atoms with van der Waals surface area (Å²) in [5.74, 6) is 0. The van der Waals surface area contributed by atoms with Gasteiger partial charge in [-0.25, -0.2) is 0 Å². The SMILES string of the molecule is Cc1ccc(P2(C3=CC=CCC3)(c3ccccc3)OC(c3ccc(Cl)cc3)c3ccccc32)cc1. The zero-order valence-electron chi connectivity index (χ0n) is 19.8. The average Bonchev–Trinajstić information content (AvgIpc) is 3.24. The molecule has 0 spiro atoms. The van der Waals surface area contributed by atoms with Crippen LogP contribution >= 0.6 is 18.4 Å². The molecule has 4 aromatic rings. The summed E-state index contributed by atoms with van der Waals surface area (Å²) in [5.41, 5.74) is 3.62. The maximum absolute atomic E-state index is 7.77. The number of halogens is 1. The number of aryl methyl sites for hydroxylation is 1. The van der Waals surface area contributed by atoms with E-state index >= 15 is 0 Å². The standard InChI is InChI=1S/C32H28ClOP/c1-24-16-22-29(23-17-24)35(27-10-4-2-5-11-27,28-12-6-3-7-13-28)31-15-9-8-14-30(31)32(34-35)25-18-20-26(33)21-19-25/h2-6,8-12,14-23,32H,7,13H2,1H3. The van der Waals surface area contributed by atoms with Crippen molar-refractivity contribution in [3.63, 3.8) is 0 Å². The van der Waals surface area contributed by atoms with Gasteiger partial charge in [-0.05, 0) is 0 Å². The van der Waals surface area contributed by atoms with Crippen molar-refractivity contribution >= 4 is 34.3 Å². The number of rotatable bonds is 4. The van der Waals surface area contributed by atoms with Crippen molar-refractivity contribution in [2.24, 2.45) is 0 Å². The van der Waals surface area contributed by atoms with Crippen molar-refractivity contribution in [1.82, 2.24) is 0 Å². The zero-order chi connectivity index (χ0) is 23.9. The van der Waals surface area contributed by atoms with Gasteiger partial charge in [0.15, 0.2) is 0 Å². The molecule has 0 fully saturated rings. The Bertz CT molecular complexity index is 1440. The Balaban J connectivity index is 1.78. The average molecular weight is 495 g/mol. The maximum atomic E-state index is 7.77. The van der Waals surface area contributed by atoms with Crippen LogP contribution < -0.4 is 15.9 Å². The molecule has 0 saturated carbocycles. The Labute approximate surface area is 212 Å². The third-order valence-corrected chi connectivity index (χ3v) is 13.7. The van der Waals surface area contributed by atoms with E-state index in [-0.39, 0.29) is 6.10 Å². The second-order valence-corrected chi connectivity index (χ2v) is 14.2. The van der Waals surface area contributed by atoms with Gasteiger partial charge in [0, 0.05) is 0 Å². The summed E-state index contributed by atoms with van der Waals surface area (Å²) >= 11 is 6.28. The molecule has 0 N–H and O–H groups in total. The number of benzene rings is 4. The van der Waals surface area contributed by atoms with E-state index in [0.29, 0.717) is 0 Å². The summed E-state index contributed by atoms with van der Waals surface area (Å²) in [4.78, 5) is 0. The van der Waals surface area contributed by atoms with E-state index in [9.17, 15) is 0 Å². The molecule has 1 nitrogen and oxygen atoms in total. The fourth-order valence-corrected chi connectivity index (χ4v) is 12.4. The Hall–Kier alpha value is -2.96. The first kappa shape index (κ1) is 22.5. The predicted octanol–water partition coefficient (Wildman–Crippen LogP) is 7.75. The van der Waals surface area contributed by atoms with Gasteiger partial charge < -0.3 is 0 Å². The second-order valence-electron chi connectivity index (χ2n) is 9.43. The van der Waals surface area contributed by atoms with Crippen LogP contribution in [0, 0.1) is 6.92 Å². The summed E-state index contributed by atoms with van der Waals surface area (Å²) in [6.45, 7) is -1.34. The normalized spacial score (nSPS) is 20.9. The number of allylic oxidation sites excluding steroid dienone is 4. The summed E-state index contributed by atoms with van der Waals surface area (Å²) in [7, 11) is 0. The molecule has 1 heterocycles. The van der Waals surface area contributed by atoms with Crippen LogP contribution in [0.4, 0.5) is 0 Å². The van der Waals surface area contributed by atoms with Crippen molar-refractivity contribution in [1.29, 1.82) is 0 Å². The van der Waals surface area contributed by atoms with Gasteiger partial charge in [0.1, 0.15) is 0 Å². The topological polar surface area (TPSA) is 9.23 Å². The van der Waals surface area contributed by atoms with E-state index in [4.69, 9.17) is 16.1 Å². The molecule has 1 atom stereocenters. The van der Waals surface area contributed by atoms with Gasteiger partial charge in [0.2, 0.25) is 0 Å². The molecule has 174 valence electrons. The minimum absolute atomic E-state index is 0.186. The van der Waals surface area contributed by atoms with Gasteiger partial charge in [-0.15, -0.1) is 0 Å². The van der Waals surface area contributed by atoms with Gasteiger partial charge in [-0.2, -0.15) is 0 Å². The quantitative estimate of drug-likeness (QED) is 0.263. The van der Waals surface area contributed by atoms with Crippen LogP contribution in [0.1, 0.15) is 35.6 Å². The van der Waals surface area contributed by atoms with E-state index < -0.39 is 6.83 Å². The molecule has 35 heavy (non-hydrogen) atoms. The van der Waals surface area contributed by atoms with Crippen molar-refractivity contribution in [3.05, 3.63) is 148 Å². The first-order chi connectivity index (χ1) is 17.1. The van der Waals surface area contributed by atoms with Crippen molar-refractivity contribution in [2.45, 2.75) is 25.9 Å². The van der Waals surface area contributed by atoms with Crippen molar-refractivity contribution in [3.8, 4) is 0 Å². The molecule has 0 radical (unpaired) electrons. The molecule has 4 aromatic carbocycles. The van der Waals surface area contributed by atoms with Gasteiger partial charge in [-0.1, -0.05) is 0 Å². The zero-order valence-corrected chi connectivity index (χ0v) is 21.4. The van der Waals surface area contributed by atoms with E-state index in [2.05, 4.69) is 116 Å². The molecule has 1 aliphatic carbocycles. The Kier molecular flexibility index (Phi) is 5.53.